The summed E-state index contributed by atoms with van der Waals surface area (Å²) in [6, 6.07) is 4.93. The summed E-state index contributed by atoms with van der Waals surface area (Å²) in [4.78, 5) is 25.1. The molecule has 2 fully saturated rings. The van der Waals surface area contributed by atoms with Gasteiger partial charge in [0.25, 0.3) is 0 Å². The first-order valence-corrected chi connectivity index (χ1v) is 9.29. The van der Waals surface area contributed by atoms with Gasteiger partial charge in [-0.3, -0.25) is 14.6 Å². The average Bonchev–Trinajstić information content (AvgIpc) is 3.04. The molecule has 0 radical (unpaired) electrons. The third kappa shape index (κ3) is 3.35. The second kappa shape index (κ2) is 6.48. The summed E-state index contributed by atoms with van der Waals surface area (Å²) < 4.78 is 49.1. The molecular formula is C18H20BrF3N2O3. The Hall–Kier alpha value is -1.61. The van der Waals surface area contributed by atoms with Crippen molar-refractivity contribution in [3.8, 4) is 0 Å². The predicted octanol–water partition coefficient (Wildman–Crippen LogP) is 3.84. The summed E-state index contributed by atoms with van der Waals surface area (Å²) >= 11 is 3.26. The maximum atomic E-state index is 14.4. The van der Waals surface area contributed by atoms with Gasteiger partial charge in [0.1, 0.15) is 5.60 Å². The van der Waals surface area contributed by atoms with Crippen LogP contribution in [0.5, 0.6) is 0 Å². The molecule has 1 amide bonds. The lowest BCUT2D eigenvalue weighted by molar-refractivity contribution is -0.243. The van der Waals surface area contributed by atoms with E-state index in [-0.39, 0.29) is 13.0 Å². The fourth-order valence-electron chi connectivity index (χ4n) is 3.64. The van der Waals surface area contributed by atoms with E-state index in [1.807, 2.05) is 0 Å². The maximum Gasteiger partial charge on any atom is 0.408 e. The number of hydrogen-bond acceptors (Lipinski definition) is 4. The van der Waals surface area contributed by atoms with Crippen LogP contribution in [0.3, 0.4) is 0 Å². The topological polar surface area (TPSA) is 49.9 Å². The first-order chi connectivity index (χ1) is 12.4. The summed E-state index contributed by atoms with van der Waals surface area (Å²) in [6.45, 7) is 3.91. The van der Waals surface area contributed by atoms with Crippen LogP contribution in [0.1, 0.15) is 38.8 Å². The Labute approximate surface area is 163 Å². The van der Waals surface area contributed by atoms with Gasteiger partial charge >= 0.3 is 12.1 Å². The number of halogens is 4. The van der Waals surface area contributed by atoms with E-state index in [2.05, 4.69) is 15.9 Å². The quantitative estimate of drug-likeness (QED) is 0.644. The van der Waals surface area contributed by atoms with Gasteiger partial charge in [0, 0.05) is 17.4 Å². The van der Waals surface area contributed by atoms with Crippen molar-refractivity contribution in [3.63, 3.8) is 0 Å². The molecule has 27 heavy (non-hydrogen) atoms. The Bertz CT molecular complexity index is 761. The lowest BCUT2D eigenvalue weighted by atomic mass is 9.76. The maximum absolute atomic E-state index is 14.4. The highest BCUT2D eigenvalue weighted by molar-refractivity contribution is 9.10. The number of rotatable bonds is 2. The van der Waals surface area contributed by atoms with Crippen LogP contribution < -0.4 is 0 Å². The Morgan fingerprint density at radius 1 is 1.22 bits per heavy atom. The number of carbonyl (C=O) groups excluding carboxylic acids is 2. The van der Waals surface area contributed by atoms with E-state index in [9.17, 15) is 22.8 Å². The number of alkyl halides is 3. The molecule has 1 aromatic rings. The van der Waals surface area contributed by atoms with E-state index >= 15 is 0 Å². The van der Waals surface area contributed by atoms with Gasteiger partial charge in [-0.25, -0.2) is 5.01 Å². The van der Waals surface area contributed by atoms with Crippen molar-refractivity contribution in [2.24, 2.45) is 5.41 Å². The monoisotopic (exact) mass is 448 g/mol. The van der Waals surface area contributed by atoms with Crippen molar-refractivity contribution in [1.82, 2.24) is 10.0 Å². The first kappa shape index (κ1) is 20.1. The van der Waals surface area contributed by atoms with Gasteiger partial charge in [0.2, 0.25) is 11.3 Å². The van der Waals surface area contributed by atoms with Crippen LogP contribution in [-0.4, -0.2) is 46.8 Å². The minimum Gasteiger partial charge on any atom is -0.459 e. The second-order valence-electron chi connectivity index (χ2n) is 7.79. The molecule has 0 aliphatic carbocycles. The number of esters is 1. The van der Waals surface area contributed by atoms with Crippen LogP contribution in [0.15, 0.2) is 28.7 Å². The minimum absolute atomic E-state index is 0.120. The van der Waals surface area contributed by atoms with Crippen LogP contribution in [0.2, 0.25) is 0 Å². The first-order valence-electron chi connectivity index (χ1n) is 8.49. The zero-order valence-corrected chi connectivity index (χ0v) is 16.7. The highest BCUT2D eigenvalue weighted by Crippen LogP contribution is 2.57. The number of hydrogen-bond donors (Lipinski definition) is 0. The Kier molecular flexibility index (Phi) is 4.83. The molecule has 9 heteroatoms. The molecule has 0 bridgehead atoms. The molecule has 0 aromatic heterocycles. The SMILES string of the molecule is CC(C)(C)OC(=O)C1(C(F)(F)F)CN2C(=O)CCN2C1c1ccc(Br)cc1. The molecular weight excluding hydrogens is 429 g/mol. The molecule has 0 spiro atoms. The van der Waals surface area contributed by atoms with Crippen LogP contribution in [0, 0.1) is 5.41 Å². The zero-order valence-electron chi connectivity index (χ0n) is 15.1. The van der Waals surface area contributed by atoms with Gasteiger partial charge in [0.15, 0.2) is 0 Å². The number of fused-ring (bicyclic) bond motifs is 1. The highest BCUT2D eigenvalue weighted by atomic mass is 79.9. The van der Waals surface area contributed by atoms with Crippen molar-refractivity contribution in [1.29, 1.82) is 0 Å². The van der Waals surface area contributed by atoms with E-state index < -0.39 is 41.7 Å². The number of amides is 1. The van der Waals surface area contributed by atoms with Gasteiger partial charge in [0.05, 0.1) is 12.6 Å². The van der Waals surface area contributed by atoms with Crippen LogP contribution in [0.4, 0.5) is 13.2 Å². The number of hydrazine groups is 1. The van der Waals surface area contributed by atoms with Crippen molar-refractivity contribution in [2.75, 3.05) is 13.1 Å². The molecule has 2 aliphatic rings. The smallest absolute Gasteiger partial charge is 0.408 e. The summed E-state index contributed by atoms with van der Waals surface area (Å²) in [6.07, 6.45) is -4.78. The third-order valence-electron chi connectivity index (χ3n) is 4.77. The fraction of sp³-hybridized carbons (Fsp3) is 0.556. The van der Waals surface area contributed by atoms with Crippen LogP contribution in [0.25, 0.3) is 0 Å². The molecule has 2 saturated heterocycles. The lowest BCUT2D eigenvalue weighted by Crippen LogP contribution is -2.53. The second-order valence-corrected chi connectivity index (χ2v) is 8.71. The standard InChI is InChI=1S/C18H20BrF3N2O3/c1-16(2,3)27-15(26)17(18(20,21)22)10-24-13(25)8-9-23(24)14(17)11-4-6-12(19)7-5-11/h4-7,14H,8-10H2,1-3H3. The van der Waals surface area contributed by atoms with Crippen LogP contribution >= 0.6 is 15.9 Å². The molecule has 1 aromatic carbocycles. The molecule has 5 nitrogen and oxygen atoms in total. The molecule has 2 unspecified atom stereocenters. The largest absolute Gasteiger partial charge is 0.459 e. The van der Waals surface area contributed by atoms with E-state index in [1.165, 1.54) is 37.9 Å². The number of nitrogens with zero attached hydrogens (tertiary/aromatic N) is 2. The highest BCUT2D eigenvalue weighted by Gasteiger charge is 2.73. The Morgan fingerprint density at radius 2 is 1.81 bits per heavy atom. The van der Waals surface area contributed by atoms with Gasteiger partial charge < -0.3 is 4.74 Å². The fourth-order valence-corrected chi connectivity index (χ4v) is 3.90. The van der Waals surface area contributed by atoms with E-state index in [0.29, 0.717) is 10.0 Å². The van der Waals surface area contributed by atoms with Gasteiger partial charge in [-0.15, -0.1) is 0 Å². The summed E-state index contributed by atoms with van der Waals surface area (Å²) in [5.41, 5.74) is -3.64. The van der Waals surface area contributed by atoms with E-state index in [0.717, 1.165) is 5.01 Å². The van der Waals surface area contributed by atoms with Crippen LogP contribution in [-0.2, 0) is 14.3 Å². The lowest BCUT2D eigenvalue weighted by Gasteiger charge is -2.37. The van der Waals surface area contributed by atoms with Crippen molar-refractivity contribution < 1.29 is 27.5 Å². The number of benzene rings is 1. The molecule has 2 heterocycles. The molecule has 3 rings (SSSR count). The molecule has 2 aliphatic heterocycles. The van der Waals surface area contributed by atoms with Gasteiger partial charge in [-0.1, -0.05) is 28.1 Å². The third-order valence-corrected chi connectivity index (χ3v) is 5.30. The summed E-state index contributed by atoms with van der Waals surface area (Å²) in [5.74, 6) is -1.79. The van der Waals surface area contributed by atoms with Crippen molar-refractivity contribution in [2.45, 2.75) is 45.0 Å². The van der Waals surface area contributed by atoms with Crippen molar-refractivity contribution in [3.05, 3.63) is 34.3 Å². The summed E-state index contributed by atoms with van der Waals surface area (Å²) in [5, 5.41) is 2.40. The molecule has 0 saturated carbocycles. The molecule has 0 N–H and O–H groups in total. The normalized spacial score (nSPS) is 26.4. The number of ether oxygens (including phenoxy) is 1. The van der Waals surface area contributed by atoms with Gasteiger partial charge in [-0.05, 0) is 38.5 Å². The Morgan fingerprint density at radius 3 is 2.33 bits per heavy atom. The molecule has 2 atom stereocenters. The zero-order chi connectivity index (χ0) is 20.2. The minimum atomic E-state index is -4.91. The Balaban J connectivity index is 2.17. The number of carbonyl (C=O) groups is 2. The molecule has 148 valence electrons. The van der Waals surface area contributed by atoms with E-state index in [1.54, 1.807) is 12.1 Å². The van der Waals surface area contributed by atoms with Gasteiger partial charge in [-0.2, -0.15) is 13.2 Å². The average molecular weight is 449 g/mol. The predicted molar refractivity (Wildman–Crippen MR) is 94.3 cm³/mol. The van der Waals surface area contributed by atoms with Crippen molar-refractivity contribution >= 4 is 27.8 Å². The van der Waals surface area contributed by atoms with E-state index in [4.69, 9.17) is 4.74 Å². The summed E-state index contributed by atoms with van der Waals surface area (Å²) in [7, 11) is 0.